The molecule has 110 valence electrons. The van der Waals surface area contributed by atoms with Crippen LogP contribution in [-0.2, 0) is 6.54 Å². The first-order chi connectivity index (χ1) is 10.7. The second-order valence-corrected chi connectivity index (χ2v) is 5.73. The van der Waals surface area contributed by atoms with E-state index < -0.39 is 0 Å². The number of carbonyl (C=O) groups excluding carboxylic acids is 1. The molecule has 0 saturated heterocycles. The fraction of sp³-hybridized carbons (Fsp3) is 0.0556. The summed E-state index contributed by atoms with van der Waals surface area (Å²) in [5, 5.41) is 2.92. The van der Waals surface area contributed by atoms with Crippen LogP contribution in [0.3, 0.4) is 0 Å². The number of furan rings is 1. The highest BCUT2D eigenvalue weighted by Crippen LogP contribution is 2.20. The van der Waals surface area contributed by atoms with Crippen LogP contribution in [-0.4, -0.2) is 5.91 Å². The quantitative estimate of drug-likeness (QED) is 0.740. The van der Waals surface area contributed by atoms with Gasteiger partial charge >= 0.3 is 0 Å². The molecule has 0 unspecified atom stereocenters. The average molecular weight is 356 g/mol. The molecule has 0 saturated carbocycles. The topological polar surface area (TPSA) is 42.2 Å². The summed E-state index contributed by atoms with van der Waals surface area (Å²) < 4.78 is 5.87. The van der Waals surface area contributed by atoms with Gasteiger partial charge in [-0.3, -0.25) is 4.79 Å². The summed E-state index contributed by atoms with van der Waals surface area (Å²) in [4.78, 5) is 12.1. The third-order valence-electron chi connectivity index (χ3n) is 3.38. The van der Waals surface area contributed by atoms with Crippen LogP contribution in [0.4, 0.5) is 0 Å². The minimum atomic E-state index is -0.0913. The Hall–Kier alpha value is -2.33. The summed E-state index contributed by atoms with van der Waals surface area (Å²) in [6.07, 6.45) is 3.37. The van der Waals surface area contributed by atoms with Crippen LogP contribution in [0.1, 0.15) is 15.9 Å². The van der Waals surface area contributed by atoms with E-state index in [1.165, 1.54) is 0 Å². The average Bonchev–Trinajstić information content (AvgIpc) is 3.08. The van der Waals surface area contributed by atoms with Gasteiger partial charge in [0.25, 0.3) is 5.91 Å². The summed E-state index contributed by atoms with van der Waals surface area (Å²) in [5.74, 6) is -0.0913. The standard InChI is InChI=1S/C18H14BrNO2/c19-17-4-2-1-3-16(17)18(21)20-11-13-5-7-14(8-6-13)15-9-10-22-12-15/h1-10,12H,11H2,(H,20,21). The molecule has 0 aliphatic rings. The van der Waals surface area contributed by atoms with Gasteiger partial charge in [0.05, 0.1) is 18.1 Å². The lowest BCUT2D eigenvalue weighted by Gasteiger charge is -2.07. The molecule has 1 aromatic heterocycles. The van der Waals surface area contributed by atoms with E-state index >= 15 is 0 Å². The van der Waals surface area contributed by atoms with Gasteiger partial charge in [0, 0.05) is 16.6 Å². The fourth-order valence-electron chi connectivity index (χ4n) is 2.17. The molecule has 0 bridgehead atoms. The zero-order valence-corrected chi connectivity index (χ0v) is 13.3. The van der Waals surface area contributed by atoms with Gasteiger partial charge < -0.3 is 9.73 Å². The molecule has 4 heteroatoms. The lowest BCUT2D eigenvalue weighted by Crippen LogP contribution is -2.23. The van der Waals surface area contributed by atoms with E-state index in [-0.39, 0.29) is 5.91 Å². The van der Waals surface area contributed by atoms with E-state index in [0.717, 1.165) is 21.2 Å². The highest BCUT2D eigenvalue weighted by molar-refractivity contribution is 9.10. The van der Waals surface area contributed by atoms with Gasteiger partial charge in [-0.2, -0.15) is 0 Å². The first kappa shape index (κ1) is 14.6. The van der Waals surface area contributed by atoms with Gasteiger partial charge in [-0.25, -0.2) is 0 Å². The van der Waals surface area contributed by atoms with Crippen molar-refractivity contribution in [2.24, 2.45) is 0 Å². The molecule has 0 atom stereocenters. The first-order valence-electron chi connectivity index (χ1n) is 6.88. The summed E-state index contributed by atoms with van der Waals surface area (Å²) in [5.41, 5.74) is 3.82. The van der Waals surface area contributed by atoms with E-state index in [4.69, 9.17) is 4.42 Å². The second kappa shape index (κ2) is 6.62. The van der Waals surface area contributed by atoms with Crippen LogP contribution in [0.25, 0.3) is 11.1 Å². The van der Waals surface area contributed by atoms with Crippen molar-refractivity contribution in [3.05, 3.63) is 82.7 Å². The van der Waals surface area contributed by atoms with Crippen molar-refractivity contribution in [3.8, 4) is 11.1 Å². The fourth-order valence-corrected chi connectivity index (χ4v) is 2.63. The summed E-state index contributed by atoms with van der Waals surface area (Å²) in [7, 11) is 0. The Labute approximate surface area is 137 Å². The van der Waals surface area contributed by atoms with Crippen LogP contribution >= 0.6 is 15.9 Å². The van der Waals surface area contributed by atoms with E-state index in [1.807, 2.05) is 48.5 Å². The van der Waals surface area contributed by atoms with Gasteiger partial charge in [-0.1, -0.05) is 36.4 Å². The van der Waals surface area contributed by atoms with Crippen molar-refractivity contribution in [2.75, 3.05) is 0 Å². The Morgan fingerprint density at radius 2 is 1.77 bits per heavy atom. The van der Waals surface area contributed by atoms with Crippen LogP contribution < -0.4 is 5.32 Å². The molecule has 3 aromatic rings. The smallest absolute Gasteiger partial charge is 0.252 e. The van der Waals surface area contributed by atoms with Gasteiger partial charge in [-0.15, -0.1) is 0 Å². The maximum Gasteiger partial charge on any atom is 0.252 e. The molecular formula is C18H14BrNO2. The predicted molar refractivity (Wildman–Crippen MR) is 89.5 cm³/mol. The van der Waals surface area contributed by atoms with E-state index in [1.54, 1.807) is 18.6 Å². The molecule has 3 rings (SSSR count). The van der Waals surface area contributed by atoms with Crippen molar-refractivity contribution in [1.29, 1.82) is 0 Å². The molecule has 1 N–H and O–H groups in total. The Balaban J connectivity index is 1.64. The van der Waals surface area contributed by atoms with Crippen LogP contribution in [0.15, 0.2) is 76.0 Å². The number of amides is 1. The predicted octanol–water partition coefficient (Wildman–Crippen LogP) is 4.64. The highest BCUT2D eigenvalue weighted by atomic mass is 79.9. The Morgan fingerprint density at radius 1 is 1.00 bits per heavy atom. The molecule has 1 heterocycles. The van der Waals surface area contributed by atoms with Crippen molar-refractivity contribution in [2.45, 2.75) is 6.54 Å². The molecule has 0 fully saturated rings. The molecule has 2 aromatic carbocycles. The zero-order chi connectivity index (χ0) is 15.4. The lowest BCUT2D eigenvalue weighted by atomic mass is 10.1. The monoisotopic (exact) mass is 355 g/mol. The number of hydrogen-bond acceptors (Lipinski definition) is 2. The highest BCUT2D eigenvalue weighted by Gasteiger charge is 2.08. The molecule has 0 aliphatic carbocycles. The molecule has 3 nitrogen and oxygen atoms in total. The Bertz CT molecular complexity index is 764. The maximum absolute atomic E-state index is 12.1. The largest absolute Gasteiger partial charge is 0.472 e. The van der Waals surface area contributed by atoms with E-state index in [0.29, 0.717) is 12.1 Å². The molecule has 0 spiro atoms. The molecule has 0 radical (unpaired) electrons. The molecule has 1 amide bonds. The van der Waals surface area contributed by atoms with Crippen molar-refractivity contribution in [1.82, 2.24) is 5.32 Å². The summed E-state index contributed by atoms with van der Waals surface area (Å²) in [6, 6.07) is 17.3. The van der Waals surface area contributed by atoms with Gasteiger partial charge in [0.1, 0.15) is 0 Å². The van der Waals surface area contributed by atoms with Crippen LogP contribution in [0, 0.1) is 0 Å². The minimum Gasteiger partial charge on any atom is -0.472 e. The number of benzene rings is 2. The lowest BCUT2D eigenvalue weighted by molar-refractivity contribution is 0.0950. The van der Waals surface area contributed by atoms with Gasteiger partial charge in [0.15, 0.2) is 0 Å². The van der Waals surface area contributed by atoms with Gasteiger partial charge in [-0.05, 0) is 45.3 Å². The number of rotatable bonds is 4. The minimum absolute atomic E-state index is 0.0913. The number of halogens is 1. The number of nitrogens with one attached hydrogen (secondary N) is 1. The third kappa shape index (κ3) is 3.28. The second-order valence-electron chi connectivity index (χ2n) is 4.87. The first-order valence-corrected chi connectivity index (χ1v) is 7.67. The normalized spacial score (nSPS) is 10.4. The summed E-state index contributed by atoms with van der Waals surface area (Å²) >= 11 is 3.38. The van der Waals surface area contributed by atoms with E-state index in [9.17, 15) is 4.79 Å². The zero-order valence-electron chi connectivity index (χ0n) is 11.8. The molecular weight excluding hydrogens is 342 g/mol. The van der Waals surface area contributed by atoms with E-state index in [2.05, 4.69) is 21.2 Å². The summed E-state index contributed by atoms with van der Waals surface area (Å²) in [6.45, 7) is 0.492. The Morgan fingerprint density at radius 3 is 2.45 bits per heavy atom. The maximum atomic E-state index is 12.1. The third-order valence-corrected chi connectivity index (χ3v) is 4.07. The van der Waals surface area contributed by atoms with Crippen molar-refractivity contribution < 1.29 is 9.21 Å². The number of hydrogen-bond donors (Lipinski definition) is 1. The van der Waals surface area contributed by atoms with Gasteiger partial charge in [0.2, 0.25) is 0 Å². The SMILES string of the molecule is O=C(NCc1ccc(-c2ccoc2)cc1)c1ccccc1Br. The van der Waals surface area contributed by atoms with Crippen LogP contribution in [0.2, 0.25) is 0 Å². The molecule has 0 aliphatic heterocycles. The molecule has 22 heavy (non-hydrogen) atoms. The number of carbonyl (C=O) groups is 1. The van der Waals surface area contributed by atoms with Crippen LogP contribution in [0.5, 0.6) is 0 Å². The van der Waals surface area contributed by atoms with Crippen molar-refractivity contribution in [3.63, 3.8) is 0 Å². The van der Waals surface area contributed by atoms with Crippen molar-refractivity contribution >= 4 is 21.8 Å². The Kier molecular flexibility index (Phi) is 4.39.